The lowest BCUT2D eigenvalue weighted by Gasteiger charge is -2.38. The van der Waals surface area contributed by atoms with Crippen molar-refractivity contribution in [3.63, 3.8) is 0 Å². The number of Topliss-reactive ketones (excluding diaryl/α,β-unsaturated/α-hetero) is 1. The average molecular weight is 542 g/mol. The third kappa shape index (κ3) is 4.33. The molecule has 208 valence electrons. The molecule has 0 unspecified atom stereocenters. The SMILES string of the molecule is COc1ccc2c(c1)cc(C(=O)C[C@H](C(=O)N1C[C@@H]3C[C@H]1CN3C(=O)c1nc3ccccc3[nH]1)C(C)(C)C)n2C. The zero-order valence-electron chi connectivity index (χ0n) is 23.6. The number of carbonyl (C=O) groups is 3. The third-order valence-corrected chi connectivity index (χ3v) is 8.64. The molecule has 2 aliphatic rings. The Morgan fingerprint density at radius 2 is 1.77 bits per heavy atom. The number of aryl methyl sites for hydroxylation is 1. The molecule has 2 saturated heterocycles. The lowest BCUT2D eigenvalue weighted by atomic mass is 9.76. The maximum absolute atomic E-state index is 14.0. The van der Waals surface area contributed by atoms with Gasteiger partial charge in [-0.05, 0) is 48.2 Å². The van der Waals surface area contributed by atoms with Crippen LogP contribution in [0.1, 0.15) is 54.7 Å². The monoisotopic (exact) mass is 541 g/mol. The minimum Gasteiger partial charge on any atom is -0.497 e. The summed E-state index contributed by atoms with van der Waals surface area (Å²) >= 11 is 0. The zero-order valence-corrected chi connectivity index (χ0v) is 23.6. The Hall–Kier alpha value is -4.14. The number of imidazole rings is 1. The van der Waals surface area contributed by atoms with Crippen LogP contribution in [0.4, 0.5) is 0 Å². The molecule has 40 heavy (non-hydrogen) atoms. The highest BCUT2D eigenvalue weighted by molar-refractivity contribution is 6.02. The number of para-hydroxylation sites is 2. The minimum absolute atomic E-state index is 0.00961. The molecule has 3 atom stereocenters. The Balaban J connectivity index is 1.18. The van der Waals surface area contributed by atoms with Crippen molar-refractivity contribution in [2.45, 2.75) is 45.7 Å². The number of ketones is 1. The summed E-state index contributed by atoms with van der Waals surface area (Å²) in [5, 5.41) is 0.926. The molecule has 4 aromatic rings. The van der Waals surface area contributed by atoms with Gasteiger partial charge in [0, 0.05) is 37.5 Å². The van der Waals surface area contributed by atoms with E-state index in [-0.39, 0.29) is 36.1 Å². The van der Waals surface area contributed by atoms with Crippen LogP contribution in [0.3, 0.4) is 0 Å². The van der Waals surface area contributed by atoms with Crippen LogP contribution in [0.15, 0.2) is 48.5 Å². The van der Waals surface area contributed by atoms with Gasteiger partial charge >= 0.3 is 0 Å². The van der Waals surface area contributed by atoms with Gasteiger partial charge in [-0.15, -0.1) is 0 Å². The van der Waals surface area contributed by atoms with Gasteiger partial charge in [0.25, 0.3) is 5.91 Å². The van der Waals surface area contributed by atoms with E-state index in [1.165, 1.54) is 0 Å². The zero-order chi connectivity index (χ0) is 28.3. The Labute approximate surface area is 233 Å². The van der Waals surface area contributed by atoms with E-state index in [9.17, 15) is 14.4 Å². The Kier molecular flexibility index (Phi) is 6.20. The van der Waals surface area contributed by atoms with E-state index in [0.29, 0.717) is 24.6 Å². The number of hydrogen-bond donors (Lipinski definition) is 1. The molecule has 0 aliphatic carbocycles. The predicted octanol–water partition coefficient (Wildman–Crippen LogP) is 4.42. The van der Waals surface area contributed by atoms with Gasteiger partial charge in [0.15, 0.2) is 11.6 Å². The molecule has 6 rings (SSSR count). The molecule has 9 heteroatoms. The number of rotatable bonds is 6. The van der Waals surface area contributed by atoms with Crippen molar-refractivity contribution in [1.82, 2.24) is 24.3 Å². The van der Waals surface area contributed by atoms with Crippen molar-refractivity contribution in [1.29, 1.82) is 0 Å². The van der Waals surface area contributed by atoms with E-state index in [1.807, 2.05) is 90.7 Å². The van der Waals surface area contributed by atoms with Crippen LogP contribution in [0, 0.1) is 11.3 Å². The molecule has 4 heterocycles. The normalized spacial score (nSPS) is 19.5. The number of likely N-dealkylation sites (tertiary alicyclic amines) is 2. The molecule has 2 fully saturated rings. The van der Waals surface area contributed by atoms with Crippen LogP contribution in [-0.2, 0) is 11.8 Å². The quantitative estimate of drug-likeness (QED) is 0.364. The highest BCUT2D eigenvalue weighted by atomic mass is 16.5. The van der Waals surface area contributed by atoms with E-state index in [4.69, 9.17) is 4.74 Å². The number of ether oxygens (including phenoxy) is 1. The Morgan fingerprint density at radius 3 is 2.45 bits per heavy atom. The molecule has 2 aromatic heterocycles. The molecule has 2 bridgehead atoms. The maximum Gasteiger partial charge on any atom is 0.290 e. The fourth-order valence-electron chi connectivity index (χ4n) is 6.35. The second kappa shape index (κ2) is 9.50. The van der Waals surface area contributed by atoms with Crippen molar-refractivity contribution in [2.75, 3.05) is 20.2 Å². The minimum atomic E-state index is -0.480. The summed E-state index contributed by atoms with van der Waals surface area (Å²) in [6.07, 6.45) is 0.868. The molecule has 1 N–H and O–H groups in total. The molecule has 0 radical (unpaired) electrons. The molecule has 2 aliphatic heterocycles. The van der Waals surface area contributed by atoms with Gasteiger partial charge in [0.05, 0.1) is 41.8 Å². The number of methoxy groups -OCH3 is 1. The van der Waals surface area contributed by atoms with Crippen LogP contribution >= 0.6 is 0 Å². The number of carbonyl (C=O) groups excluding carboxylic acids is 3. The van der Waals surface area contributed by atoms with Crippen molar-refractivity contribution in [3.05, 3.63) is 60.0 Å². The van der Waals surface area contributed by atoms with E-state index in [1.54, 1.807) is 7.11 Å². The van der Waals surface area contributed by atoms with Crippen molar-refractivity contribution < 1.29 is 19.1 Å². The van der Waals surface area contributed by atoms with Gasteiger partial charge in [-0.1, -0.05) is 32.9 Å². The Bertz CT molecular complexity index is 1610. The number of piperazine rings is 1. The highest BCUT2D eigenvalue weighted by Gasteiger charge is 2.50. The number of nitrogens with one attached hydrogen (secondary N) is 1. The van der Waals surface area contributed by atoms with E-state index < -0.39 is 11.3 Å². The highest BCUT2D eigenvalue weighted by Crippen LogP contribution is 2.38. The Morgan fingerprint density at radius 1 is 1.05 bits per heavy atom. The molecule has 9 nitrogen and oxygen atoms in total. The van der Waals surface area contributed by atoms with Gasteiger partial charge in [-0.25, -0.2) is 4.98 Å². The van der Waals surface area contributed by atoms with Crippen LogP contribution in [0.25, 0.3) is 21.9 Å². The summed E-state index contributed by atoms with van der Waals surface area (Å²) in [6, 6.07) is 15.1. The fraction of sp³-hybridized carbons (Fsp3) is 0.419. The van der Waals surface area contributed by atoms with Crippen molar-refractivity contribution in [3.8, 4) is 5.75 Å². The first-order valence-corrected chi connectivity index (χ1v) is 13.8. The second-order valence-electron chi connectivity index (χ2n) is 12.2. The van der Waals surface area contributed by atoms with Gasteiger partial charge in [0.2, 0.25) is 5.91 Å². The number of H-pyrrole nitrogens is 1. The van der Waals surface area contributed by atoms with Crippen LogP contribution in [-0.4, -0.2) is 74.2 Å². The topological polar surface area (TPSA) is 101 Å². The van der Waals surface area contributed by atoms with E-state index in [2.05, 4.69) is 9.97 Å². The number of nitrogens with zero attached hydrogens (tertiary/aromatic N) is 4. The van der Waals surface area contributed by atoms with Gasteiger partial charge in [0.1, 0.15) is 5.75 Å². The summed E-state index contributed by atoms with van der Waals surface area (Å²) in [4.78, 5) is 52.2. The first-order chi connectivity index (χ1) is 19.0. The number of aromatic nitrogens is 3. The number of fused-ring (bicyclic) bond motifs is 4. The van der Waals surface area contributed by atoms with Gasteiger partial charge in [-0.3, -0.25) is 14.4 Å². The predicted molar refractivity (Wildman–Crippen MR) is 152 cm³/mol. The summed E-state index contributed by atoms with van der Waals surface area (Å²) in [7, 11) is 3.50. The lowest BCUT2D eigenvalue weighted by molar-refractivity contribution is -0.141. The average Bonchev–Trinajstić information content (AvgIpc) is 3.71. The number of benzene rings is 2. The standard InChI is InChI=1S/C31H35N5O4/c1-31(2,3)22(15-27(37)26-13-18-12-21(40-5)10-11-25(18)34(26)4)29(38)35-16-20-14-19(35)17-36(20)30(39)28-32-23-8-6-7-9-24(23)33-28/h6-13,19-20,22H,14-17H2,1-5H3,(H,32,33)/t19-,20-,22+/m0/s1. The maximum atomic E-state index is 14.0. The van der Waals surface area contributed by atoms with Gasteiger partial charge < -0.3 is 24.1 Å². The molecule has 0 spiro atoms. The fourth-order valence-corrected chi connectivity index (χ4v) is 6.35. The third-order valence-electron chi connectivity index (χ3n) is 8.64. The number of amides is 2. The second-order valence-corrected chi connectivity index (χ2v) is 12.2. The summed E-state index contributed by atoms with van der Waals surface area (Å²) in [5.74, 6) is 0.382. The van der Waals surface area contributed by atoms with Crippen molar-refractivity contribution >= 4 is 39.5 Å². The number of aromatic amines is 1. The molecule has 2 amide bonds. The largest absolute Gasteiger partial charge is 0.497 e. The molecule has 0 saturated carbocycles. The summed E-state index contributed by atoms with van der Waals surface area (Å²) < 4.78 is 7.23. The van der Waals surface area contributed by atoms with Crippen LogP contribution < -0.4 is 4.74 Å². The first-order valence-electron chi connectivity index (χ1n) is 13.8. The van der Waals surface area contributed by atoms with E-state index >= 15 is 0 Å². The lowest BCUT2D eigenvalue weighted by Crippen LogP contribution is -2.53. The van der Waals surface area contributed by atoms with Gasteiger partial charge in [-0.2, -0.15) is 0 Å². The van der Waals surface area contributed by atoms with Crippen LogP contribution in [0.5, 0.6) is 5.75 Å². The molecular formula is C31H35N5O4. The number of hydrogen-bond acceptors (Lipinski definition) is 5. The van der Waals surface area contributed by atoms with Crippen molar-refractivity contribution in [2.24, 2.45) is 18.4 Å². The smallest absolute Gasteiger partial charge is 0.290 e. The summed E-state index contributed by atoms with van der Waals surface area (Å²) in [6.45, 7) is 7.00. The van der Waals surface area contributed by atoms with E-state index in [0.717, 1.165) is 34.1 Å². The van der Waals surface area contributed by atoms with Crippen LogP contribution in [0.2, 0.25) is 0 Å². The summed E-state index contributed by atoms with van der Waals surface area (Å²) in [5.41, 5.74) is 2.70. The molecule has 2 aromatic carbocycles. The first kappa shape index (κ1) is 26.1. The molecular weight excluding hydrogens is 506 g/mol.